The molecule has 2 nitrogen and oxygen atoms in total. The van der Waals surface area contributed by atoms with Crippen LogP contribution in [0.25, 0.3) is 0 Å². The van der Waals surface area contributed by atoms with Crippen molar-refractivity contribution < 1.29 is 10.2 Å². The van der Waals surface area contributed by atoms with Crippen molar-refractivity contribution in [2.75, 3.05) is 0 Å². The number of rotatable bonds is 7. The van der Waals surface area contributed by atoms with Crippen molar-refractivity contribution in [3.05, 3.63) is 23.8 Å². The highest BCUT2D eigenvalue weighted by molar-refractivity contribution is 5.17. The molecule has 0 radical (unpaired) electrons. The summed E-state index contributed by atoms with van der Waals surface area (Å²) in [5.74, 6) is 2.40. The molecule has 0 aliphatic heterocycles. The molecule has 0 spiro atoms. The van der Waals surface area contributed by atoms with Gasteiger partial charge >= 0.3 is 0 Å². The Hall–Kier alpha value is -0.600. The minimum atomic E-state index is -0.157. The van der Waals surface area contributed by atoms with E-state index < -0.39 is 0 Å². The molecule has 0 aromatic rings. The monoisotopic (exact) mass is 378 g/mol. The van der Waals surface area contributed by atoms with Gasteiger partial charge in [0.05, 0.1) is 12.2 Å². The maximum Gasteiger partial charge on any atom is 0.0577 e. The lowest BCUT2D eigenvalue weighted by molar-refractivity contribution is 0.0913. The van der Waals surface area contributed by atoms with Crippen molar-refractivity contribution in [2.24, 2.45) is 29.1 Å². The first-order valence-corrected chi connectivity index (χ1v) is 10.9. The van der Waals surface area contributed by atoms with Crippen molar-refractivity contribution >= 4 is 0 Å². The fourth-order valence-electron chi connectivity index (χ4n) is 5.26. The summed E-state index contributed by atoms with van der Waals surface area (Å²) in [4.78, 5) is 0. The van der Waals surface area contributed by atoms with Crippen LogP contribution in [0.15, 0.2) is 23.8 Å². The van der Waals surface area contributed by atoms with Gasteiger partial charge < -0.3 is 10.2 Å². The van der Waals surface area contributed by atoms with Gasteiger partial charge in [0, 0.05) is 0 Å². The minimum absolute atomic E-state index is 0. The summed E-state index contributed by atoms with van der Waals surface area (Å²) < 4.78 is 0. The van der Waals surface area contributed by atoms with Crippen LogP contribution >= 0.6 is 0 Å². The highest BCUT2D eigenvalue weighted by Gasteiger charge is 2.43. The van der Waals surface area contributed by atoms with E-state index in [9.17, 15) is 10.2 Å². The Labute approximate surface area is 169 Å². The van der Waals surface area contributed by atoms with Crippen LogP contribution in [-0.2, 0) is 0 Å². The third-order valence-electron chi connectivity index (χ3n) is 7.28. The fourth-order valence-corrected chi connectivity index (χ4v) is 5.26. The van der Waals surface area contributed by atoms with Crippen LogP contribution in [0, 0.1) is 29.1 Å². The van der Waals surface area contributed by atoms with Crippen LogP contribution < -0.4 is 0 Å². The van der Waals surface area contributed by atoms with Crippen LogP contribution in [-0.4, -0.2) is 22.4 Å². The average molecular weight is 379 g/mol. The van der Waals surface area contributed by atoms with Gasteiger partial charge in [-0.3, -0.25) is 0 Å². The summed E-state index contributed by atoms with van der Waals surface area (Å²) >= 11 is 0. The van der Waals surface area contributed by atoms with E-state index in [0.29, 0.717) is 23.2 Å². The molecule has 0 aromatic heterocycles. The van der Waals surface area contributed by atoms with Gasteiger partial charge in [0.15, 0.2) is 0 Å². The average Bonchev–Trinajstić information content (AvgIpc) is 2.87. The molecular formula is C25H46O2. The van der Waals surface area contributed by atoms with Gasteiger partial charge in [-0.25, -0.2) is 0 Å². The van der Waals surface area contributed by atoms with Crippen molar-refractivity contribution in [3.63, 3.8) is 0 Å². The molecule has 5 atom stereocenters. The van der Waals surface area contributed by atoms with Crippen LogP contribution in [0.2, 0.25) is 0 Å². The van der Waals surface area contributed by atoms with E-state index in [1.165, 1.54) is 18.4 Å². The Morgan fingerprint density at radius 3 is 2.44 bits per heavy atom. The molecule has 1 unspecified atom stereocenters. The van der Waals surface area contributed by atoms with E-state index in [0.717, 1.165) is 44.4 Å². The highest BCUT2D eigenvalue weighted by atomic mass is 16.3. The van der Waals surface area contributed by atoms with E-state index in [-0.39, 0.29) is 19.6 Å². The molecule has 158 valence electrons. The Morgan fingerprint density at radius 2 is 1.81 bits per heavy atom. The van der Waals surface area contributed by atoms with Gasteiger partial charge in [-0.1, -0.05) is 65.8 Å². The van der Waals surface area contributed by atoms with Crippen molar-refractivity contribution in [3.8, 4) is 0 Å². The summed E-state index contributed by atoms with van der Waals surface area (Å²) in [6, 6.07) is 0. The SMILES string of the molecule is C.CC(C)[C@H](O)CC[C@H](C)C1CC[C@@H](/C=C/C=C2/CCC[C@H](O)C2)C1(C)C. The molecule has 0 bridgehead atoms. The van der Waals surface area contributed by atoms with Crippen LogP contribution in [0.5, 0.6) is 0 Å². The van der Waals surface area contributed by atoms with Gasteiger partial charge in [0.2, 0.25) is 0 Å². The second-order valence-corrected chi connectivity index (χ2v) is 9.94. The second-order valence-electron chi connectivity index (χ2n) is 9.94. The lowest BCUT2D eigenvalue weighted by Crippen LogP contribution is -2.29. The number of aliphatic hydroxyl groups is 2. The summed E-state index contributed by atoms with van der Waals surface area (Å²) in [6.07, 6.45) is 15.4. The molecule has 27 heavy (non-hydrogen) atoms. The number of allylic oxidation sites excluding steroid dienone is 3. The minimum Gasteiger partial charge on any atom is -0.393 e. The van der Waals surface area contributed by atoms with E-state index in [1.54, 1.807) is 0 Å². The van der Waals surface area contributed by atoms with Crippen molar-refractivity contribution in [1.29, 1.82) is 0 Å². The summed E-state index contributed by atoms with van der Waals surface area (Å²) in [7, 11) is 0. The van der Waals surface area contributed by atoms with E-state index >= 15 is 0 Å². The first-order chi connectivity index (χ1) is 12.2. The fraction of sp³-hybridized carbons (Fsp3) is 0.840. The summed E-state index contributed by atoms with van der Waals surface area (Å²) in [5, 5.41) is 19.9. The third kappa shape index (κ3) is 6.75. The molecule has 2 heteroatoms. The molecule has 2 N–H and O–H groups in total. The molecule has 2 aliphatic rings. The van der Waals surface area contributed by atoms with Gasteiger partial charge in [0.1, 0.15) is 0 Å². The van der Waals surface area contributed by atoms with E-state index in [1.807, 2.05) is 0 Å². The molecule has 2 aliphatic carbocycles. The van der Waals surface area contributed by atoms with Gasteiger partial charge in [-0.15, -0.1) is 0 Å². The van der Waals surface area contributed by atoms with E-state index in [2.05, 4.69) is 52.8 Å². The predicted octanol–water partition coefficient (Wildman–Crippen LogP) is 6.53. The van der Waals surface area contributed by atoms with Crippen LogP contribution in [0.1, 0.15) is 93.4 Å². The van der Waals surface area contributed by atoms with Crippen LogP contribution in [0.4, 0.5) is 0 Å². The Bertz CT molecular complexity index is 489. The topological polar surface area (TPSA) is 40.5 Å². The summed E-state index contributed by atoms with van der Waals surface area (Å²) in [6.45, 7) is 11.5. The normalized spacial score (nSPS) is 32.0. The molecule has 0 saturated heterocycles. The third-order valence-corrected chi connectivity index (χ3v) is 7.28. The maximum atomic E-state index is 10.1. The number of hydrogen-bond donors (Lipinski definition) is 2. The number of aliphatic hydroxyl groups excluding tert-OH is 2. The number of hydrogen-bond acceptors (Lipinski definition) is 2. The molecule has 2 saturated carbocycles. The molecular weight excluding hydrogens is 332 g/mol. The lowest BCUT2D eigenvalue weighted by Gasteiger charge is -2.36. The Kier molecular flexibility index (Phi) is 9.79. The molecule has 2 fully saturated rings. The Balaban J connectivity index is 0.00000364. The zero-order valence-corrected chi connectivity index (χ0v) is 17.7. The van der Waals surface area contributed by atoms with Crippen molar-refractivity contribution in [2.45, 2.75) is 106 Å². The van der Waals surface area contributed by atoms with Gasteiger partial charge in [-0.05, 0) is 80.5 Å². The molecule has 0 amide bonds. The summed E-state index contributed by atoms with van der Waals surface area (Å²) in [5.41, 5.74) is 1.73. The van der Waals surface area contributed by atoms with Crippen LogP contribution in [0.3, 0.4) is 0 Å². The smallest absolute Gasteiger partial charge is 0.0577 e. The highest BCUT2D eigenvalue weighted by Crippen LogP contribution is 2.52. The maximum absolute atomic E-state index is 10.1. The van der Waals surface area contributed by atoms with Gasteiger partial charge in [0.25, 0.3) is 0 Å². The molecule has 2 rings (SSSR count). The first kappa shape index (κ1) is 24.4. The van der Waals surface area contributed by atoms with Gasteiger partial charge in [-0.2, -0.15) is 0 Å². The molecule has 0 aromatic carbocycles. The van der Waals surface area contributed by atoms with E-state index in [4.69, 9.17) is 0 Å². The largest absolute Gasteiger partial charge is 0.393 e. The van der Waals surface area contributed by atoms with Crippen molar-refractivity contribution in [1.82, 2.24) is 0 Å². The standard InChI is InChI=1S/C24H42O2.CH4/c1-17(2)23(26)15-12-18(3)22-14-13-20(24(22,4)5)10-6-8-19-9-7-11-21(25)16-19;/h6,8,10,17-18,20-23,25-26H,7,9,11-16H2,1-5H3;1H4/b10-6+,19-8-;/t18-,20+,21-,22?,23+;/m0./s1. The zero-order chi connectivity index (χ0) is 19.3. The zero-order valence-electron chi connectivity index (χ0n) is 17.7. The second kappa shape index (κ2) is 10.8. The Morgan fingerprint density at radius 1 is 1.11 bits per heavy atom. The lowest BCUT2D eigenvalue weighted by atomic mass is 9.69. The quantitative estimate of drug-likeness (QED) is 0.529. The first-order valence-electron chi connectivity index (χ1n) is 10.9. The molecule has 0 heterocycles. The predicted molar refractivity (Wildman–Crippen MR) is 118 cm³/mol.